The van der Waals surface area contributed by atoms with Crippen molar-refractivity contribution in [1.82, 2.24) is 9.97 Å². The van der Waals surface area contributed by atoms with Gasteiger partial charge in [-0.05, 0) is 43.2 Å². The van der Waals surface area contributed by atoms with Gasteiger partial charge in [0.1, 0.15) is 5.82 Å². The molecule has 0 bridgehead atoms. The minimum atomic E-state index is 0.324. The number of hydrogen-bond donors (Lipinski definition) is 2. The molecule has 1 aliphatic carbocycles. The van der Waals surface area contributed by atoms with Gasteiger partial charge in [0.25, 0.3) is 0 Å². The Kier molecular flexibility index (Phi) is 2.91. The van der Waals surface area contributed by atoms with Crippen LogP contribution in [0, 0.1) is 6.92 Å². The van der Waals surface area contributed by atoms with E-state index in [0.29, 0.717) is 12.0 Å². The van der Waals surface area contributed by atoms with E-state index in [1.807, 2.05) is 18.3 Å². The number of anilines is 2. The van der Waals surface area contributed by atoms with Gasteiger partial charge in [-0.3, -0.25) is 0 Å². The van der Waals surface area contributed by atoms with Gasteiger partial charge in [-0.2, -0.15) is 4.98 Å². The second kappa shape index (κ2) is 4.57. The third-order valence-electron chi connectivity index (χ3n) is 3.35. The molecule has 2 heterocycles. The topological polar surface area (TPSA) is 63.8 Å². The fraction of sp³-hybridized carbons (Fsp3) is 0.385. The number of nitrogens with zero attached hydrogens (tertiary/aromatic N) is 2. The van der Waals surface area contributed by atoms with Crippen molar-refractivity contribution in [2.45, 2.75) is 32.2 Å². The molecular weight excluding hydrogens is 244 g/mol. The largest absolute Gasteiger partial charge is 0.368 e. The van der Waals surface area contributed by atoms with Gasteiger partial charge in [-0.15, -0.1) is 11.3 Å². The Morgan fingerprint density at radius 3 is 3.28 bits per heavy atom. The van der Waals surface area contributed by atoms with Crippen molar-refractivity contribution in [2.24, 2.45) is 0 Å². The number of nitrogens with two attached hydrogens (primary N) is 1. The molecule has 2 aromatic heterocycles. The summed E-state index contributed by atoms with van der Waals surface area (Å²) in [6.45, 7) is 2.00. The molecule has 1 atom stereocenters. The van der Waals surface area contributed by atoms with E-state index in [1.165, 1.54) is 23.3 Å². The van der Waals surface area contributed by atoms with Crippen molar-refractivity contribution in [3.8, 4) is 0 Å². The Morgan fingerprint density at radius 2 is 2.39 bits per heavy atom. The number of aromatic nitrogens is 2. The molecule has 94 valence electrons. The Hall–Kier alpha value is -1.62. The first-order chi connectivity index (χ1) is 8.74. The Labute approximate surface area is 110 Å². The highest BCUT2D eigenvalue weighted by Crippen LogP contribution is 2.35. The summed E-state index contributed by atoms with van der Waals surface area (Å²) in [6, 6.07) is 2.57. The molecule has 3 N–H and O–H groups in total. The second-order valence-electron chi connectivity index (χ2n) is 4.65. The van der Waals surface area contributed by atoms with Crippen molar-refractivity contribution in [3.05, 3.63) is 33.6 Å². The van der Waals surface area contributed by atoms with Gasteiger partial charge in [0.05, 0.1) is 6.04 Å². The molecule has 0 saturated heterocycles. The van der Waals surface area contributed by atoms with Crippen molar-refractivity contribution in [2.75, 3.05) is 11.1 Å². The van der Waals surface area contributed by atoms with Crippen molar-refractivity contribution in [1.29, 1.82) is 0 Å². The van der Waals surface area contributed by atoms with Crippen LogP contribution in [0.25, 0.3) is 0 Å². The highest BCUT2D eigenvalue weighted by Gasteiger charge is 2.21. The van der Waals surface area contributed by atoms with Gasteiger partial charge in [-0.25, -0.2) is 4.98 Å². The van der Waals surface area contributed by atoms with E-state index in [0.717, 1.165) is 17.8 Å². The van der Waals surface area contributed by atoms with Crippen LogP contribution in [0.3, 0.4) is 0 Å². The van der Waals surface area contributed by atoms with Gasteiger partial charge in [0.2, 0.25) is 5.95 Å². The minimum Gasteiger partial charge on any atom is -0.368 e. The number of fused-ring (bicyclic) bond motifs is 1. The van der Waals surface area contributed by atoms with Crippen LogP contribution in [0.2, 0.25) is 0 Å². The number of rotatable bonds is 2. The Balaban J connectivity index is 1.88. The lowest BCUT2D eigenvalue weighted by Gasteiger charge is -2.24. The van der Waals surface area contributed by atoms with Crippen LogP contribution in [0.1, 0.15) is 34.9 Å². The van der Waals surface area contributed by atoms with Gasteiger partial charge < -0.3 is 11.1 Å². The van der Waals surface area contributed by atoms with E-state index in [2.05, 4.69) is 26.7 Å². The van der Waals surface area contributed by atoms with Crippen LogP contribution >= 0.6 is 11.3 Å². The molecule has 5 heteroatoms. The molecular formula is C13H16N4S. The SMILES string of the molecule is Cc1cnc(N)nc1NC1CCCc2sccc21. The fourth-order valence-electron chi connectivity index (χ4n) is 2.40. The van der Waals surface area contributed by atoms with E-state index in [4.69, 9.17) is 5.73 Å². The smallest absolute Gasteiger partial charge is 0.221 e. The number of aryl methyl sites for hydroxylation is 2. The number of nitrogen functional groups attached to an aromatic ring is 1. The first-order valence-corrected chi connectivity index (χ1v) is 7.04. The molecule has 0 saturated carbocycles. The average Bonchev–Trinajstić information content (AvgIpc) is 2.83. The van der Waals surface area contributed by atoms with Gasteiger partial charge in [0, 0.05) is 16.6 Å². The van der Waals surface area contributed by atoms with E-state index >= 15 is 0 Å². The molecule has 0 radical (unpaired) electrons. The molecule has 0 spiro atoms. The van der Waals surface area contributed by atoms with Crippen molar-refractivity contribution < 1.29 is 0 Å². The molecule has 1 aliphatic rings. The van der Waals surface area contributed by atoms with Crippen LogP contribution in [0.4, 0.5) is 11.8 Å². The molecule has 0 amide bonds. The normalized spacial score (nSPS) is 18.4. The van der Waals surface area contributed by atoms with Crippen molar-refractivity contribution >= 4 is 23.1 Å². The maximum Gasteiger partial charge on any atom is 0.221 e. The highest BCUT2D eigenvalue weighted by atomic mass is 32.1. The van der Waals surface area contributed by atoms with Crippen molar-refractivity contribution in [3.63, 3.8) is 0 Å². The molecule has 3 rings (SSSR count). The van der Waals surface area contributed by atoms with E-state index in [1.54, 1.807) is 6.20 Å². The Morgan fingerprint density at radius 1 is 1.50 bits per heavy atom. The first kappa shape index (κ1) is 11.5. The van der Waals surface area contributed by atoms with E-state index < -0.39 is 0 Å². The Bertz CT molecular complexity index is 564. The van der Waals surface area contributed by atoms with E-state index in [9.17, 15) is 0 Å². The predicted octanol–water partition coefficient (Wildman–Crippen LogP) is 2.92. The zero-order valence-electron chi connectivity index (χ0n) is 10.3. The predicted molar refractivity (Wildman–Crippen MR) is 74.8 cm³/mol. The maximum atomic E-state index is 5.65. The highest BCUT2D eigenvalue weighted by molar-refractivity contribution is 7.10. The number of thiophene rings is 1. The third-order valence-corrected chi connectivity index (χ3v) is 4.35. The lowest BCUT2D eigenvalue weighted by atomic mass is 9.94. The van der Waals surface area contributed by atoms with Crippen LogP contribution in [-0.2, 0) is 6.42 Å². The summed E-state index contributed by atoms with van der Waals surface area (Å²) in [4.78, 5) is 9.78. The summed E-state index contributed by atoms with van der Waals surface area (Å²) in [6.07, 6.45) is 5.34. The first-order valence-electron chi connectivity index (χ1n) is 6.16. The molecule has 0 fully saturated rings. The zero-order chi connectivity index (χ0) is 12.5. The monoisotopic (exact) mass is 260 g/mol. The summed E-state index contributed by atoms with van der Waals surface area (Å²) < 4.78 is 0. The number of hydrogen-bond acceptors (Lipinski definition) is 5. The fourth-order valence-corrected chi connectivity index (χ4v) is 3.39. The lowest BCUT2D eigenvalue weighted by Crippen LogP contribution is -2.17. The molecule has 18 heavy (non-hydrogen) atoms. The van der Waals surface area contributed by atoms with Crippen LogP contribution < -0.4 is 11.1 Å². The van der Waals surface area contributed by atoms with Gasteiger partial charge in [0.15, 0.2) is 0 Å². The second-order valence-corrected chi connectivity index (χ2v) is 5.65. The zero-order valence-corrected chi connectivity index (χ0v) is 11.1. The van der Waals surface area contributed by atoms with Crippen LogP contribution in [0.5, 0.6) is 0 Å². The molecule has 0 aromatic carbocycles. The molecule has 0 aliphatic heterocycles. The molecule has 2 aromatic rings. The quantitative estimate of drug-likeness (QED) is 0.871. The molecule has 4 nitrogen and oxygen atoms in total. The molecule has 1 unspecified atom stereocenters. The van der Waals surface area contributed by atoms with Gasteiger partial charge >= 0.3 is 0 Å². The number of nitrogens with one attached hydrogen (secondary N) is 1. The summed E-state index contributed by atoms with van der Waals surface area (Å²) in [5, 5.41) is 5.68. The van der Waals surface area contributed by atoms with Gasteiger partial charge in [-0.1, -0.05) is 0 Å². The minimum absolute atomic E-state index is 0.324. The van der Waals surface area contributed by atoms with Crippen LogP contribution in [-0.4, -0.2) is 9.97 Å². The standard InChI is InChI=1S/C13H16N4S/c1-8-7-15-13(14)17-12(8)16-10-3-2-4-11-9(10)5-6-18-11/h5-7,10H,2-4H2,1H3,(H3,14,15,16,17). The summed E-state index contributed by atoms with van der Waals surface area (Å²) in [5.41, 5.74) is 8.10. The lowest BCUT2D eigenvalue weighted by molar-refractivity contribution is 0.606. The van der Waals surface area contributed by atoms with E-state index in [-0.39, 0.29) is 0 Å². The summed E-state index contributed by atoms with van der Waals surface area (Å²) in [5.74, 6) is 1.18. The summed E-state index contributed by atoms with van der Waals surface area (Å²) >= 11 is 1.85. The maximum absolute atomic E-state index is 5.65. The third kappa shape index (κ3) is 2.06. The summed E-state index contributed by atoms with van der Waals surface area (Å²) in [7, 11) is 0. The van der Waals surface area contributed by atoms with Crippen LogP contribution in [0.15, 0.2) is 17.6 Å². The average molecular weight is 260 g/mol.